The molecule has 2 aliphatic heterocycles. The third kappa shape index (κ3) is 5.04. The van der Waals surface area contributed by atoms with Crippen molar-refractivity contribution in [3.05, 3.63) is 48.5 Å². The SMILES string of the molecule is COc1ccccc1-c1nnc(SCC(=O)N2CCN(C(=O)[C@H]3COc4ccccc4O3)CC2)o1. The Morgan fingerprint density at radius 3 is 2.51 bits per heavy atom. The Kier molecular flexibility index (Phi) is 6.75. The van der Waals surface area contributed by atoms with E-state index in [2.05, 4.69) is 10.2 Å². The van der Waals surface area contributed by atoms with Crippen LogP contribution in [0.2, 0.25) is 0 Å². The molecule has 2 aromatic carbocycles. The lowest BCUT2D eigenvalue weighted by Crippen LogP contribution is -2.55. The molecule has 0 saturated carbocycles. The Labute approximate surface area is 206 Å². The minimum absolute atomic E-state index is 0.0506. The van der Waals surface area contributed by atoms with Crippen LogP contribution < -0.4 is 14.2 Å². The number of aromatic nitrogens is 2. The minimum Gasteiger partial charge on any atom is -0.496 e. The fraction of sp³-hybridized carbons (Fsp3) is 0.333. The van der Waals surface area contributed by atoms with E-state index >= 15 is 0 Å². The molecule has 1 saturated heterocycles. The fourth-order valence-electron chi connectivity index (χ4n) is 3.93. The van der Waals surface area contributed by atoms with E-state index in [4.69, 9.17) is 18.6 Å². The molecule has 35 heavy (non-hydrogen) atoms. The number of benzene rings is 2. The summed E-state index contributed by atoms with van der Waals surface area (Å²) in [5.41, 5.74) is 0.692. The zero-order valence-electron chi connectivity index (χ0n) is 19.1. The zero-order valence-corrected chi connectivity index (χ0v) is 19.9. The predicted octanol–water partition coefficient (Wildman–Crippen LogP) is 2.35. The molecule has 11 heteroatoms. The van der Waals surface area contributed by atoms with Crippen molar-refractivity contribution in [2.24, 2.45) is 0 Å². The van der Waals surface area contributed by atoms with E-state index in [0.29, 0.717) is 60.1 Å². The number of fused-ring (bicyclic) bond motifs is 1. The highest BCUT2D eigenvalue weighted by molar-refractivity contribution is 7.99. The van der Waals surface area contributed by atoms with Crippen LogP contribution in [-0.2, 0) is 9.59 Å². The quantitative estimate of drug-likeness (QED) is 0.475. The second kappa shape index (κ2) is 10.3. The second-order valence-electron chi connectivity index (χ2n) is 7.93. The van der Waals surface area contributed by atoms with Gasteiger partial charge in [-0.05, 0) is 24.3 Å². The molecular formula is C24H24N4O6S. The molecule has 1 fully saturated rings. The van der Waals surface area contributed by atoms with Gasteiger partial charge in [0.1, 0.15) is 12.4 Å². The number of rotatable bonds is 6. The summed E-state index contributed by atoms with van der Waals surface area (Å²) in [5.74, 6) is 2.16. The zero-order chi connectivity index (χ0) is 24.2. The number of ether oxygens (including phenoxy) is 3. The highest BCUT2D eigenvalue weighted by atomic mass is 32.2. The third-order valence-electron chi connectivity index (χ3n) is 5.79. The van der Waals surface area contributed by atoms with E-state index in [9.17, 15) is 9.59 Å². The number of piperazine rings is 1. The van der Waals surface area contributed by atoms with Crippen molar-refractivity contribution < 1.29 is 28.2 Å². The predicted molar refractivity (Wildman–Crippen MR) is 127 cm³/mol. The fourth-order valence-corrected chi connectivity index (χ4v) is 4.60. The Morgan fingerprint density at radius 1 is 1.00 bits per heavy atom. The van der Waals surface area contributed by atoms with Crippen molar-refractivity contribution >= 4 is 23.6 Å². The summed E-state index contributed by atoms with van der Waals surface area (Å²) in [7, 11) is 1.58. The van der Waals surface area contributed by atoms with E-state index in [1.165, 1.54) is 11.8 Å². The van der Waals surface area contributed by atoms with Gasteiger partial charge >= 0.3 is 0 Å². The maximum Gasteiger partial charge on any atom is 0.277 e. The molecule has 0 spiro atoms. The number of para-hydroxylation sites is 3. The Hall–Kier alpha value is -3.73. The highest BCUT2D eigenvalue weighted by Gasteiger charge is 2.33. The monoisotopic (exact) mass is 496 g/mol. The molecule has 1 aromatic heterocycles. The van der Waals surface area contributed by atoms with E-state index in [1.54, 1.807) is 23.0 Å². The lowest BCUT2D eigenvalue weighted by atomic mass is 10.2. The van der Waals surface area contributed by atoms with E-state index < -0.39 is 6.10 Å². The molecule has 182 valence electrons. The van der Waals surface area contributed by atoms with E-state index in [1.807, 2.05) is 42.5 Å². The summed E-state index contributed by atoms with van der Waals surface area (Å²) in [5, 5.41) is 8.40. The summed E-state index contributed by atoms with van der Waals surface area (Å²) >= 11 is 1.19. The summed E-state index contributed by atoms with van der Waals surface area (Å²) in [6.07, 6.45) is -0.683. The first-order valence-corrected chi connectivity index (χ1v) is 12.2. The Morgan fingerprint density at radius 2 is 1.71 bits per heavy atom. The van der Waals surface area contributed by atoms with Gasteiger partial charge in [0, 0.05) is 26.2 Å². The van der Waals surface area contributed by atoms with Gasteiger partial charge in [-0.15, -0.1) is 10.2 Å². The van der Waals surface area contributed by atoms with Gasteiger partial charge in [0.15, 0.2) is 11.5 Å². The molecule has 2 aliphatic rings. The van der Waals surface area contributed by atoms with Crippen molar-refractivity contribution in [3.63, 3.8) is 0 Å². The maximum atomic E-state index is 12.9. The van der Waals surface area contributed by atoms with Crippen LogP contribution in [0, 0.1) is 0 Å². The largest absolute Gasteiger partial charge is 0.496 e. The van der Waals surface area contributed by atoms with Gasteiger partial charge in [0.25, 0.3) is 17.0 Å². The van der Waals surface area contributed by atoms with Crippen molar-refractivity contribution in [1.82, 2.24) is 20.0 Å². The molecule has 10 nitrogen and oxygen atoms in total. The lowest BCUT2D eigenvalue weighted by molar-refractivity contribution is -0.145. The molecule has 0 N–H and O–H groups in total. The molecule has 0 unspecified atom stereocenters. The molecule has 3 heterocycles. The van der Waals surface area contributed by atoms with Crippen LogP contribution in [0.4, 0.5) is 0 Å². The smallest absolute Gasteiger partial charge is 0.277 e. The number of methoxy groups -OCH3 is 1. The van der Waals surface area contributed by atoms with Crippen molar-refractivity contribution in [2.45, 2.75) is 11.3 Å². The van der Waals surface area contributed by atoms with E-state index in [-0.39, 0.29) is 24.2 Å². The third-order valence-corrected chi connectivity index (χ3v) is 6.59. The molecule has 2 amide bonds. The normalized spacial score (nSPS) is 17.2. The van der Waals surface area contributed by atoms with Gasteiger partial charge in [0.05, 0.1) is 18.4 Å². The highest BCUT2D eigenvalue weighted by Crippen LogP contribution is 2.32. The van der Waals surface area contributed by atoms with Crippen LogP contribution in [-0.4, -0.2) is 83.6 Å². The topological polar surface area (TPSA) is 107 Å². The first-order valence-electron chi connectivity index (χ1n) is 11.2. The van der Waals surface area contributed by atoms with E-state index in [0.717, 1.165) is 0 Å². The van der Waals surface area contributed by atoms with Gasteiger partial charge in [-0.2, -0.15) is 0 Å². The minimum atomic E-state index is -0.683. The van der Waals surface area contributed by atoms with Crippen LogP contribution >= 0.6 is 11.8 Å². The van der Waals surface area contributed by atoms with Crippen LogP contribution in [0.1, 0.15) is 0 Å². The van der Waals surface area contributed by atoms with Crippen LogP contribution in [0.15, 0.2) is 58.2 Å². The second-order valence-corrected chi connectivity index (χ2v) is 8.86. The number of hydrogen-bond donors (Lipinski definition) is 0. The standard InChI is InChI=1S/C24H24N4O6S/c1-31-17-7-3-2-6-16(17)22-25-26-24(34-22)35-15-21(29)27-10-12-28(13-11-27)23(30)20-14-32-18-8-4-5-9-19(18)33-20/h2-9,20H,10-15H2,1H3/t20-/m1/s1. The maximum absolute atomic E-state index is 12.9. The number of nitrogens with zero attached hydrogens (tertiary/aromatic N) is 4. The van der Waals surface area contributed by atoms with Gasteiger partial charge in [-0.3, -0.25) is 9.59 Å². The van der Waals surface area contributed by atoms with Crippen LogP contribution in [0.3, 0.4) is 0 Å². The molecular weight excluding hydrogens is 472 g/mol. The van der Waals surface area contributed by atoms with Gasteiger partial charge in [0.2, 0.25) is 12.0 Å². The molecule has 3 aromatic rings. The van der Waals surface area contributed by atoms with Gasteiger partial charge < -0.3 is 28.4 Å². The average Bonchev–Trinajstić information content (AvgIpc) is 3.40. The Balaban J connectivity index is 1.10. The summed E-state index contributed by atoms with van der Waals surface area (Å²) in [6.45, 7) is 1.95. The number of carbonyl (C=O) groups is 2. The number of hydrogen-bond acceptors (Lipinski definition) is 9. The van der Waals surface area contributed by atoms with Crippen molar-refractivity contribution in [3.8, 4) is 28.7 Å². The number of thioether (sulfide) groups is 1. The summed E-state index contributed by atoms with van der Waals surface area (Å²) in [4.78, 5) is 29.1. The number of amides is 2. The number of carbonyl (C=O) groups excluding carboxylic acids is 2. The molecule has 5 rings (SSSR count). The average molecular weight is 497 g/mol. The molecule has 0 bridgehead atoms. The van der Waals surface area contributed by atoms with Gasteiger partial charge in [-0.25, -0.2) is 0 Å². The van der Waals surface area contributed by atoms with Crippen LogP contribution in [0.25, 0.3) is 11.5 Å². The van der Waals surface area contributed by atoms with Crippen LogP contribution in [0.5, 0.6) is 17.2 Å². The van der Waals surface area contributed by atoms with Gasteiger partial charge in [-0.1, -0.05) is 36.0 Å². The summed E-state index contributed by atoms with van der Waals surface area (Å²) in [6, 6.07) is 14.6. The van der Waals surface area contributed by atoms with Crippen molar-refractivity contribution in [1.29, 1.82) is 0 Å². The molecule has 1 atom stereocenters. The Bertz CT molecular complexity index is 1210. The first-order chi connectivity index (χ1) is 17.1. The lowest BCUT2D eigenvalue weighted by Gasteiger charge is -2.37. The first kappa shape index (κ1) is 23.0. The van der Waals surface area contributed by atoms with Crippen molar-refractivity contribution in [2.75, 3.05) is 45.6 Å². The summed E-state index contributed by atoms with van der Waals surface area (Å²) < 4.78 is 22.5. The molecule has 0 aliphatic carbocycles. The molecule has 0 radical (unpaired) electrons.